The van der Waals surface area contributed by atoms with Gasteiger partial charge in [-0.3, -0.25) is 0 Å². The third kappa shape index (κ3) is 2.83. The minimum Gasteiger partial charge on any atom is -0.487 e. The summed E-state index contributed by atoms with van der Waals surface area (Å²) in [5, 5.41) is 13.5. The molecule has 0 unspecified atom stereocenters. The number of para-hydroxylation sites is 2. The van der Waals surface area contributed by atoms with E-state index in [0.717, 1.165) is 5.69 Å². The van der Waals surface area contributed by atoms with Crippen LogP contribution in [0.15, 0.2) is 66.9 Å². The van der Waals surface area contributed by atoms with Crippen molar-refractivity contribution in [2.45, 2.75) is 6.61 Å². The van der Waals surface area contributed by atoms with Crippen molar-refractivity contribution in [2.24, 2.45) is 0 Å². The van der Waals surface area contributed by atoms with Crippen LogP contribution < -0.4 is 4.74 Å². The van der Waals surface area contributed by atoms with E-state index in [1.807, 2.05) is 60.7 Å². The summed E-state index contributed by atoms with van der Waals surface area (Å²) in [6, 6.07) is 18.6. The Labute approximate surface area is 127 Å². The molecule has 0 radical (unpaired) electrons. The number of carboxylic acid groups (broad SMARTS) is 1. The zero-order valence-corrected chi connectivity index (χ0v) is 11.7. The third-order valence-corrected chi connectivity index (χ3v) is 3.22. The Morgan fingerprint density at radius 1 is 1.05 bits per heavy atom. The Hall–Kier alpha value is -3.08. The summed E-state index contributed by atoms with van der Waals surface area (Å²) in [5.41, 5.74) is 1.43. The number of hydrogen-bond donors (Lipinski definition) is 1. The first-order valence-electron chi connectivity index (χ1n) is 6.79. The minimum absolute atomic E-state index is 0.126. The number of aromatic carboxylic acids is 1. The van der Waals surface area contributed by atoms with Crippen LogP contribution in [0.3, 0.4) is 0 Å². The van der Waals surface area contributed by atoms with E-state index in [9.17, 15) is 9.90 Å². The van der Waals surface area contributed by atoms with Crippen molar-refractivity contribution >= 4 is 5.97 Å². The van der Waals surface area contributed by atoms with Gasteiger partial charge in [-0.25, -0.2) is 9.48 Å². The fourth-order valence-electron chi connectivity index (χ4n) is 2.15. The van der Waals surface area contributed by atoms with Crippen LogP contribution in [-0.4, -0.2) is 20.9 Å². The van der Waals surface area contributed by atoms with Gasteiger partial charge in [-0.2, -0.15) is 5.10 Å². The van der Waals surface area contributed by atoms with E-state index >= 15 is 0 Å². The molecule has 0 aliphatic rings. The van der Waals surface area contributed by atoms with E-state index < -0.39 is 5.97 Å². The first kappa shape index (κ1) is 13.9. The average Bonchev–Trinajstić information content (AvgIpc) is 2.99. The number of aromatic nitrogens is 2. The number of rotatable bonds is 5. The lowest BCUT2D eigenvalue weighted by Crippen LogP contribution is -2.10. The van der Waals surface area contributed by atoms with E-state index in [2.05, 4.69) is 5.10 Å². The second-order valence-electron chi connectivity index (χ2n) is 4.66. The van der Waals surface area contributed by atoms with Gasteiger partial charge < -0.3 is 9.84 Å². The SMILES string of the molecule is O=C(O)c1cnn(-c2ccccc2)c1COc1ccccc1. The highest BCUT2D eigenvalue weighted by Crippen LogP contribution is 2.18. The predicted octanol–water partition coefficient (Wildman–Crippen LogP) is 3.15. The summed E-state index contributed by atoms with van der Waals surface area (Å²) in [5.74, 6) is -0.339. The van der Waals surface area contributed by atoms with Crippen LogP contribution in [0.2, 0.25) is 0 Å². The maximum Gasteiger partial charge on any atom is 0.339 e. The second kappa shape index (κ2) is 6.13. The Morgan fingerprint density at radius 3 is 2.32 bits per heavy atom. The molecule has 22 heavy (non-hydrogen) atoms. The molecule has 1 aromatic heterocycles. The standard InChI is InChI=1S/C17H14N2O3/c20-17(21)15-11-18-19(13-7-3-1-4-8-13)16(15)12-22-14-9-5-2-6-10-14/h1-11H,12H2,(H,20,21). The maximum atomic E-state index is 11.4. The van der Waals surface area contributed by atoms with Crippen molar-refractivity contribution in [2.75, 3.05) is 0 Å². The molecule has 0 bridgehead atoms. The molecule has 0 aliphatic carbocycles. The fraction of sp³-hybridized carbons (Fsp3) is 0.0588. The summed E-state index contributed by atoms with van der Waals surface area (Å²) in [7, 11) is 0. The van der Waals surface area contributed by atoms with Crippen molar-refractivity contribution in [3.63, 3.8) is 0 Å². The molecular weight excluding hydrogens is 280 g/mol. The molecule has 3 rings (SSSR count). The van der Waals surface area contributed by atoms with Crippen LogP contribution in [-0.2, 0) is 6.61 Å². The fourth-order valence-corrected chi connectivity index (χ4v) is 2.15. The van der Waals surface area contributed by atoms with Gasteiger partial charge in [0.25, 0.3) is 0 Å². The monoisotopic (exact) mass is 294 g/mol. The molecule has 5 nitrogen and oxygen atoms in total. The van der Waals surface area contributed by atoms with E-state index in [0.29, 0.717) is 11.4 Å². The van der Waals surface area contributed by atoms with Crippen LogP contribution in [0.5, 0.6) is 5.75 Å². The minimum atomic E-state index is -1.02. The molecule has 0 atom stereocenters. The molecule has 0 saturated heterocycles. The molecule has 0 spiro atoms. The zero-order chi connectivity index (χ0) is 15.4. The van der Waals surface area contributed by atoms with Crippen LogP contribution in [0.1, 0.15) is 16.1 Å². The number of carbonyl (C=O) groups is 1. The van der Waals surface area contributed by atoms with Gasteiger partial charge in [0.15, 0.2) is 0 Å². The molecular formula is C17H14N2O3. The zero-order valence-electron chi connectivity index (χ0n) is 11.7. The lowest BCUT2D eigenvalue weighted by Gasteiger charge is -2.10. The molecule has 0 aliphatic heterocycles. The van der Waals surface area contributed by atoms with Gasteiger partial charge in [0.1, 0.15) is 17.9 Å². The van der Waals surface area contributed by atoms with Gasteiger partial charge in [0.2, 0.25) is 0 Å². The van der Waals surface area contributed by atoms with E-state index in [-0.39, 0.29) is 12.2 Å². The van der Waals surface area contributed by atoms with E-state index in [1.54, 1.807) is 4.68 Å². The lowest BCUT2D eigenvalue weighted by molar-refractivity contribution is 0.0693. The summed E-state index contributed by atoms with van der Waals surface area (Å²) >= 11 is 0. The van der Waals surface area contributed by atoms with Crippen LogP contribution in [0.4, 0.5) is 0 Å². The molecule has 1 N–H and O–H groups in total. The highest BCUT2D eigenvalue weighted by molar-refractivity contribution is 5.88. The maximum absolute atomic E-state index is 11.4. The number of benzene rings is 2. The van der Waals surface area contributed by atoms with Crippen molar-refractivity contribution in [3.05, 3.63) is 78.1 Å². The molecule has 0 amide bonds. The normalized spacial score (nSPS) is 10.4. The summed E-state index contributed by atoms with van der Waals surface area (Å²) in [4.78, 5) is 11.4. The van der Waals surface area contributed by atoms with Crippen molar-refractivity contribution in [3.8, 4) is 11.4 Å². The second-order valence-corrected chi connectivity index (χ2v) is 4.66. The average molecular weight is 294 g/mol. The summed E-state index contributed by atoms with van der Waals surface area (Å²) in [6.07, 6.45) is 1.35. The van der Waals surface area contributed by atoms with Gasteiger partial charge in [0, 0.05) is 0 Å². The quantitative estimate of drug-likeness (QED) is 0.785. The van der Waals surface area contributed by atoms with Gasteiger partial charge in [0.05, 0.1) is 17.6 Å². The summed E-state index contributed by atoms with van der Waals surface area (Å²) in [6.45, 7) is 0.126. The van der Waals surface area contributed by atoms with Gasteiger partial charge in [-0.05, 0) is 24.3 Å². The van der Waals surface area contributed by atoms with Crippen LogP contribution >= 0.6 is 0 Å². The van der Waals surface area contributed by atoms with Crippen molar-refractivity contribution in [1.29, 1.82) is 0 Å². The number of ether oxygens (including phenoxy) is 1. The predicted molar refractivity (Wildman–Crippen MR) is 81.3 cm³/mol. The Balaban J connectivity index is 1.94. The molecule has 0 saturated carbocycles. The topological polar surface area (TPSA) is 64.3 Å². The molecule has 0 fully saturated rings. The molecule has 1 heterocycles. The molecule has 2 aromatic carbocycles. The van der Waals surface area contributed by atoms with Gasteiger partial charge in [-0.15, -0.1) is 0 Å². The van der Waals surface area contributed by atoms with Gasteiger partial charge >= 0.3 is 5.97 Å². The molecule has 3 aromatic rings. The highest BCUT2D eigenvalue weighted by atomic mass is 16.5. The first-order valence-corrected chi connectivity index (χ1v) is 6.79. The largest absolute Gasteiger partial charge is 0.487 e. The Kier molecular flexibility index (Phi) is 3.87. The molecule has 110 valence electrons. The summed E-state index contributed by atoms with van der Waals surface area (Å²) < 4.78 is 7.27. The third-order valence-electron chi connectivity index (χ3n) is 3.22. The number of hydrogen-bond acceptors (Lipinski definition) is 3. The Bertz CT molecular complexity index is 767. The van der Waals surface area contributed by atoms with Gasteiger partial charge in [-0.1, -0.05) is 36.4 Å². The molecule has 5 heteroatoms. The highest BCUT2D eigenvalue weighted by Gasteiger charge is 2.18. The lowest BCUT2D eigenvalue weighted by atomic mass is 10.2. The first-order chi connectivity index (χ1) is 10.8. The Morgan fingerprint density at radius 2 is 1.68 bits per heavy atom. The van der Waals surface area contributed by atoms with Crippen molar-refractivity contribution in [1.82, 2.24) is 9.78 Å². The number of carboxylic acids is 1. The van der Waals surface area contributed by atoms with Crippen molar-refractivity contribution < 1.29 is 14.6 Å². The van der Waals surface area contributed by atoms with E-state index in [4.69, 9.17) is 4.74 Å². The van der Waals surface area contributed by atoms with E-state index in [1.165, 1.54) is 6.20 Å². The number of nitrogens with zero attached hydrogens (tertiary/aromatic N) is 2. The van der Waals surface area contributed by atoms with Crippen LogP contribution in [0.25, 0.3) is 5.69 Å². The smallest absolute Gasteiger partial charge is 0.339 e. The van der Waals surface area contributed by atoms with Crippen LogP contribution in [0, 0.1) is 0 Å².